The molecule has 0 heterocycles. The summed E-state index contributed by atoms with van der Waals surface area (Å²) in [6.45, 7) is 2.92. The summed E-state index contributed by atoms with van der Waals surface area (Å²) in [5, 5.41) is 0. The Morgan fingerprint density at radius 3 is 2.43 bits per heavy atom. The van der Waals surface area contributed by atoms with Crippen molar-refractivity contribution in [3.8, 4) is 11.5 Å². The van der Waals surface area contributed by atoms with Gasteiger partial charge < -0.3 is 14.3 Å². The number of benzene rings is 1. The topological polar surface area (TPSA) is 35.5 Å². The molecule has 0 atom stereocenters. The van der Waals surface area contributed by atoms with E-state index in [2.05, 4.69) is 0 Å². The zero-order chi connectivity index (χ0) is 10.2. The SMILES string of the molecule is CCOc1ccccc1OCCC=O. The smallest absolute Gasteiger partial charge is 0.161 e. The molecule has 0 aromatic heterocycles. The standard InChI is InChI=1S/C11H14O3/c1-2-13-10-6-3-4-7-11(10)14-9-5-8-12/h3-4,6-8H,2,5,9H2,1H3. The minimum absolute atomic E-state index is 0.396. The third-order valence-corrected chi connectivity index (χ3v) is 1.64. The van der Waals surface area contributed by atoms with E-state index < -0.39 is 0 Å². The molecule has 1 aromatic rings. The van der Waals surface area contributed by atoms with E-state index in [4.69, 9.17) is 9.47 Å². The van der Waals surface area contributed by atoms with Gasteiger partial charge in [-0.15, -0.1) is 0 Å². The molecule has 0 saturated heterocycles. The van der Waals surface area contributed by atoms with Gasteiger partial charge in [0, 0.05) is 6.42 Å². The first-order chi connectivity index (χ1) is 6.88. The minimum Gasteiger partial charge on any atom is -0.490 e. The van der Waals surface area contributed by atoms with Gasteiger partial charge in [0.15, 0.2) is 11.5 Å². The molecule has 0 aliphatic carbocycles. The largest absolute Gasteiger partial charge is 0.490 e. The predicted molar refractivity (Wildman–Crippen MR) is 53.8 cm³/mol. The first-order valence-corrected chi connectivity index (χ1v) is 4.66. The van der Waals surface area contributed by atoms with Crippen LogP contribution in [0.4, 0.5) is 0 Å². The second-order valence-electron chi connectivity index (χ2n) is 2.68. The molecular weight excluding hydrogens is 180 g/mol. The molecule has 3 nitrogen and oxygen atoms in total. The summed E-state index contributed by atoms with van der Waals surface area (Å²) in [5.74, 6) is 1.41. The highest BCUT2D eigenvalue weighted by Gasteiger charge is 2.01. The van der Waals surface area contributed by atoms with E-state index in [0.717, 1.165) is 12.0 Å². The monoisotopic (exact) mass is 194 g/mol. The maximum absolute atomic E-state index is 10.1. The fraction of sp³-hybridized carbons (Fsp3) is 0.364. The van der Waals surface area contributed by atoms with Crippen LogP contribution in [0.3, 0.4) is 0 Å². The molecule has 0 N–H and O–H groups in total. The van der Waals surface area contributed by atoms with Crippen molar-refractivity contribution in [2.24, 2.45) is 0 Å². The van der Waals surface area contributed by atoms with Gasteiger partial charge in [0.25, 0.3) is 0 Å². The Morgan fingerprint density at radius 1 is 1.21 bits per heavy atom. The summed E-state index contributed by atoms with van der Waals surface area (Å²) in [5.41, 5.74) is 0. The molecule has 0 aliphatic rings. The van der Waals surface area contributed by atoms with E-state index >= 15 is 0 Å². The second kappa shape index (κ2) is 6.02. The summed E-state index contributed by atoms with van der Waals surface area (Å²) < 4.78 is 10.7. The summed E-state index contributed by atoms with van der Waals surface area (Å²) in [6.07, 6.45) is 1.24. The maximum Gasteiger partial charge on any atom is 0.161 e. The van der Waals surface area contributed by atoms with Gasteiger partial charge in [-0.2, -0.15) is 0 Å². The van der Waals surface area contributed by atoms with Gasteiger partial charge in [-0.05, 0) is 19.1 Å². The van der Waals surface area contributed by atoms with Crippen molar-refractivity contribution in [3.63, 3.8) is 0 Å². The molecular formula is C11H14O3. The zero-order valence-electron chi connectivity index (χ0n) is 8.23. The van der Waals surface area contributed by atoms with Gasteiger partial charge in [-0.25, -0.2) is 0 Å². The molecule has 76 valence electrons. The first-order valence-electron chi connectivity index (χ1n) is 4.66. The Balaban J connectivity index is 2.59. The van der Waals surface area contributed by atoms with E-state index in [1.807, 2.05) is 31.2 Å². The molecule has 14 heavy (non-hydrogen) atoms. The van der Waals surface area contributed by atoms with Crippen LogP contribution in [0.5, 0.6) is 11.5 Å². The van der Waals surface area contributed by atoms with Gasteiger partial charge in [0.1, 0.15) is 6.29 Å². The predicted octanol–water partition coefficient (Wildman–Crippen LogP) is 2.05. The number of rotatable bonds is 6. The number of aldehydes is 1. The van der Waals surface area contributed by atoms with Gasteiger partial charge in [0.05, 0.1) is 13.2 Å². The summed E-state index contributed by atoms with van der Waals surface area (Å²) in [6, 6.07) is 7.44. The third kappa shape index (κ3) is 3.09. The minimum atomic E-state index is 0.396. The number of carbonyl (C=O) groups excluding carboxylic acids is 1. The first kappa shape index (κ1) is 10.6. The average Bonchev–Trinajstić information content (AvgIpc) is 2.21. The Hall–Kier alpha value is -1.51. The van der Waals surface area contributed by atoms with Gasteiger partial charge >= 0.3 is 0 Å². The highest BCUT2D eigenvalue weighted by Crippen LogP contribution is 2.26. The van der Waals surface area contributed by atoms with Crippen molar-refractivity contribution < 1.29 is 14.3 Å². The van der Waals surface area contributed by atoms with Crippen molar-refractivity contribution in [3.05, 3.63) is 24.3 Å². The molecule has 0 unspecified atom stereocenters. The van der Waals surface area contributed by atoms with E-state index in [-0.39, 0.29) is 0 Å². The van der Waals surface area contributed by atoms with Gasteiger partial charge in [0.2, 0.25) is 0 Å². The molecule has 3 heteroatoms. The molecule has 1 rings (SSSR count). The highest BCUT2D eigenvalue weighted by molar-refractivity contribution is 5.49. The van der Waals surface area contributed by atoms with E-state index in [9.17, 15) is 4.79 Å². The second-order valence-corrected chi connectivity index (χ2v) is 2.68. The van der Waals surface area contributed by atoms with Crippen molar-refractivity contribution in [1.29, 1.82) is 0 Å². The summed E-state index contributed by atoms with van der Waals surface area (Å²) in [4.78, 5) is 10.1. The van der Waals surface area contributed by atoms with Crippen LogP contribution < -0.4 is 9.47 Å². The lowest BCUT2D eigenvalue weighted by molar-refractivity contribution is -0.108. The molecule has 1 aromatic carbocycles. The van der Waals surface area contributed by atoms with Crippen molar-refractivity contribution in [1.82, 2.24) is 0 Å². The lowest BCUT2D eigenvalue weighted by atomic mass is 10.3. The van der Waals surface area contributed by atoms with E-state index in [1.54, 1.807) is 0 Å². The Bertz CT molecular complexity index is 284. The average molecular weight is 194 g/mol. The van der Waals surface area contributed by atoms with Crippen molar-refractivity contribution in [2.75, 3.05) is 13.2 Å². The zero-order valence-corrected chi connectivity index (χ0v) is 8.23. The fourth-order valence-corrected chi connectivity index (χ4v) is 1.06. The third-order valence-electron chi connectivity index (χ3n) is 1.64. The molecule has 0 saturated carbocycles. The number of hydrogen-bond donors (Lipinski definition) is 0. The lowest BCUT2D eigenvalue weighted by Gasteiger charge is -2.10. The molecule has 0 amide bonds. The maximum atomic E-state index is 10.1. The van der Waals surface area contributed by atoms with Crippen LogP contribution in [0.2, 0.25) is 0 Å². The Kier molecular flexibility index (Phi) is 4.55. The summed E-state index contributed by atoms with van der Waals surface area (Å²) in [7, 11) is 0. The summed E-state index contributed by atoms with van der Waals surface area (Å²) >= 11 is 0. The lowest BCUT2D eigenvalue weighted by Crippen LogP contribution is -2.00. The van der Waals surface area contributed by atoms with E-state index in [1.165, 1.54) is 0 Å². The number of ether oxygens (including phenoxy) is 2. The molecule has 0 spiro atoms. The van der Waals surface area contributed by atoms with Crippen LogP contribution >= 0.6 is 0 Å². The molecule has 0 fully saturated rings. The molecule has 0 bridgehead atoms. The van der Waals surface area contributed by atoms with Gasteiger partial charge in [-0.3, -0.25) is 0 Å². The van der Waals surface area contributed by atoms with E-state index in [0.29, 0.717) is 25.4 Å². The van der Waals surface area contributed by atoms with Gasteiger partial charge in [-0.1, -0.05) is 12.1 Å². The quantitative estimate of drug-likeness (QED) is 0.513. The molecule has 0 radical (unpaired) electrons. The number of para-hydroxylation sites is 2. The van der Waals surface area contributed by atoms with Crippen LogP contribution in [0.25, 0.3) is 0 Å². The van der Waals surface area contributed by atoms with Crippen LogP contribution in [0.1, 0.15) is 13.3 Å². The Labute approximate surface area is 83.6 Å². The van der Waals surface area contributed by atoms with Crippen LogP contribution in [0.15, 0.2) is 24.3 Å². The molecule has 0 aliphatic heterocycles. The van der Waals surface area contributed by atoms with Crippen molar-refractivity contribution >= 4 is 6.29 Å². The van der Waals surface area contributed by atoms with Crippen LogP contribution in [-0.2, 0) is 4.79 Å². The van der Waals surface area contributed by atoms with Crippen LogP contribution in [-0.4, -0.2) is 19.5 Å². The fourth-order valence-electron chi connectivity index (χ4n) is 1.06. The number of hydrogen-bond acceptors (Lipinski definition) is 3. The highest BCUT2D eigenvalue weighted by atomic mass is 16.5. The normalized spacial score (nSPS) is 9.50. The van der Waals surface area contributed by atoms with Crippen LogP contribution in [0, 0.1) is 0 Å². The van der Waals surface area contributed by atoms with Crippen molar-refractivity contribution in [2.45, 2.75) is 13.3 Å². The number of carbonyl (C=O) groups is 1. The Morgan fingerprint density at radius 2 is 1.86 bits per heavy atom.